The van der Waals surface area contributed by atoms with Crippen LogP contribution in [0.1, 0.15) is 57.3 Å². The number of carbonyl (C=O) groups is 1. The van der Waals surface area contributed by atoms with E-state index >= 15 is 0 Å². The number of aliphatic hydroxyl groups excluding tert-OH is 5. The molecule has 12 rings (SSSR count). The van der Waals surface area contributed by atoms with Gasteiger partial charge >= 0.3 is 13.9 Å². The number of nitrogens with zero attached hydrogens (tertiary/aromatic N) is 20. The van der Waals surface area contributed by atoms with Crippen molar-refractivity contribution in [1.29, 1.82) is 0 Å². The van der Waals surface area contributed by atoms with Crippen LogP contribution >= 0.6 is 31.3 Å². The van der Waals surface area contributed by atoms with Gasteiger partial charge in [0.05, 0.1) is 182 Å². The predicted molar refractivity (Wildman–Crippen MR) is 426 cm³/mol. The minimum atomic E-state index is -5.03. The van der Waals surface area contributed by atoms with E-state index in [0.29, 0.717) is 51.4 Å². The van der Waals surface area contributed by atoms with Crippen LogP contribution in [-0.4, -0.2) is 348 Å². The topological polar surface area (TPSA) is 777 Å². The average molecular weight is 1920 g/mol. The van der Waals surface area contributed by atoms with Gasteiger partial charge in [0.2, 0.25) is 0 Å². The maximum absolute atomic E-state index is 12.7. The fourth-order valence-electron chi connectivity index (χ4n) is 13.7. The summed E-state index contributed by atoms with van der Waals surface area (Å²) in [6.45, 7) is 2.11. The highest BCUT2D eigenvalue weighted by Crippen LogP contribution is 2.54. The first-order valence-electron chi connectivity index (χ1n) is 39.7. The molecular weight excluding hydrogens is 1810 g/mol. The fraction of sp³-hybridized carbons (Fsp3) is 0.727. The van der Waals surface area contributed by atoms with E-state index in [2.05, 4.69) is 79.6 Å². The van der Waals surface area contributed by atoms with Crippen molar-refractivity contribution in [2.75, 3.05) is 190 Å². The van der Waals surface area contributed by atoms with Crippen LogP contribution in [-0.2, 0) is 136 Å². The Morgan fingerprint density at radius 1 is 0.550 bits per heavy atom. The molecular formula is C66H105N24O35P4-3. The number of nitrogens with two attached hydrogens (primary N) is 3. The molecule has 19 atom stereocenters. The lowest BCUT2D eigenvalue weighted by Gasteiger charge is -2.44. The summed E-state index contributed by atoms with van der Waals surface area (Å²) >= 11 is 0. The summed E-state index contributed by atoms with van der Waals surface area (Å²) in [5.74, 6) is 1.15. The number of aryl methyl sites for hydroxylation is 1. The van der Waals surface area contributed by atoms with E-state index in [1.54, 1.807) is 0 Å². The molecule has 63 heteroatoms. The van der Waals surface area contributed by atoms with Crippen molar-refractivity contribution in [1.82, 2.24) is 89.0 Å². The molecule has 13 N–H and O–H groups in total. The van der Waals surface area contributed by atoms with Gasteiger partial charge in [0.15, 0.2) is 78.0 Å². The molecule has 10 heterocycles. The first kappa shape index (κ1) is 104. The number of imidazole rings is 3. The summed E-state index contributed by atoms with van der Waals surface area (Å²) in [6.07, 6.45) is -8.08. The van der Waals surface area contributed by atoms with Gasteiger partial charge in [-0.25, -0.2) is 58.9 Å². The van der Waals surface area contributed by atoms with Crippen molar-refractivity contribution in [2.24, 2.45) is 22.9 Å². The smallest absolute Gasteiger partial charge is 0.472 e. The number of nitrogen functional groups attached to an aromatic ring is 3. The van der Waals surface area contributed by atoms with Gasteiger partial charge in [0.1, 0.15) is 66.1 Å². The molecule has 2 aliphatic carbocycles. The largest absolute Gasteiger partial charge is 0.756 e. The SMILES string of the molecule is C.CCOP(=O)(O)O[C@H]1C(O)[C@@H](n2cnc3c(N)ncnc32)O[C@H]1COP(=O)([O-])OCCOCCNC(=O)OCC1C2CCc3nnn(CCOCCOCCOCCON4C(O)C(n5cnc6c(N)ncnc65)O[C@H](COP(=O)([O-])OC)C4O)c3CCC21.COP(=O)([O-])OC[C@H]1OC(n2cnc3c(N)ncnc32)C(O)N(OCCOCCOCCOCCN=[N+]=[N-])C1O. The van der Waals surface area contributed by atoms with E-state index in [4.69, 9.17) is 112 Å². The second-order valence-corrected chi connectivity index (χ2v) is 33.8. The van der Waals surface area contributed by atoms with Crippen LogP contribution in [0.25, 0.3) is 43.9 Å². The van der Waals surface area contributed by atoms with E-state index in [1.807, 2.05) is 4.68 Å². The monoisotopic (exact) mass is 1920 g/mol. The molecule has 7 aromatic heterocycles. The third-order valence-electron chi connectivity index (χ3n) is 19.9. The molecule has 14 unspecified atom stereocenters. The standard InChI is InChI=1S/C46H72N15O24P3.C19H32N9O11P.CH4/c1-3-79-88(70,71)85-37-32(83-44(36(37)62)58-25-54-34-38(47)50-23-52-40(34)58)21-82-87(68,69)80-19-17-73-10-8-49-46(65)77-20-29-27-4-6-30-31(7-5-28(27)29)60(57-56-30)9-11-74-12-13-75-14-15-76-16-18-78-61-42(63)33(22-81-86(66,67)72-2)84-45(43(61)64)59-26-55-35-39(48)51-24-53-41(35)59;1-33-40(31,32)38-10-13-17(29)28(37-9-8-36-7-6-35-5-4-34-3-2-25-26-21)18(30)19(39-13)27-12-24-14-15(20)22-11-23-16(14)27;/h23-29,32-33,36-37,42-45,62-64H,3-22H2,1-2H3,(H,49,65)(H,66,67)(H,68,69)(H,70,71)(H2,47,50,52)(H2,48,51,53);11-13,17-19,29-30H,2-10H2,1H3,(H,31,32)(H2,20,22,23);1H4/p-3/t27?,28?,29?,32-,33+,36?,37+,42?,43?,44-,45?;13-,17?,18?,19?;/m01./s1. The number of phosphoric acid groups is 4. The van der Waals surface area contributed by atoms with Gasteiger partial charge in [0, 0.05) is 32.2 Å². The number of aliphatic hydroxyl groups is 5. The zero-order valence-electron chi connectivity index (χ0n) is 69.1. The van der Waals surface area contributed by atoms with Gasteiger partial charge < -0.3 is 147 Å². The van der Waals surface area contributed by atoms with Crippen LogP contribution in [0.3, 0.4) is 0 Å². The number of alkyl carbamates (subject to hydrolysis) is 1. The normalized spacial score (nSPS) is 25.5. The zero-order chi connectivity index (χ0) is 91.6. The molecule has 0 aromatic carbocycles. The number of hydroxylamine groups is 4. The Morgan fingerprint density at radius 2 is 0.984 bits per heavy atom. The zero-order valence-corrected chi connectivity index (χ0v) is 72.7. The first-order valence-corrected chi connectivity index (χ1v) is 45.6. The lowest BCUT2D eigenvalue weighted by Crippen LogP contribution is -2.60. The van der Waals surface area contributed by atoms with E-state index in [9.17, 15) is 68.2 Å². The van der Waals surface area contributed by atoms with Crippen molar-refractivity contribution in [2.45, 2.75) is 121 Å². The van der Waals surface area contributed by atoms with Crippen molar-refractivity contribution in [3.63, 3.8) is 0 Å². The van der Waals surface area contributed by atoms with Crippen molar-refractivity contribution in [3.05, 3.63) is 59.8 Å². The molecule has 59 nitrogen and oxygen atoms in total. The van der Waals surface area contributed by atoms with Crippen LogP contribution in [0, 0.1) is 17.8 Å². The molecule has 0 spiro atoms. The molecule has 7 aromatic rings. The minimum Gasteiger partial charge on any atom is -0.756 e. The molecule has 5 aliphatic rings. The molecule has 3 aliphatic heterocycles. The number of hydrogen-bond acceptors (Lipinski definition) is 51. The maximum atomic E-state index is 12.7. The number of carbonyl (C=O) groups excluding carboxylic acids is 1. The molecule has 0 bridgehead atoms. The Hall–Kier alpha value is -7.55. The van der Waals surface area contributed by atoms with Gasteiger partial charge in [-0.05, 0) is 55.9 Å². The third kappa shape index (κ3) is 29.0. The van der Waals surface area contributed by atoms with E-state index in [1.165, 1.54) is 52.3 Å². The molecule has 1 amide bonds. The van der Waals surface area contributed by atoms with Gasteiger partial charge in [-0.15, -0.1) is 15.2 Å². The van der Waals surface area contributed by atoms with Crippen LogP contribution in [0.5, 0.6) is 0 Å². The first-order chi connectivity index (χ1) is 61.6. The highest BCUT2D eigenvalue weighted by molar-refractivity contribution is 7.47. The van der Waals surface area contributed by atoms with E-state index in [-0.39, 0.29) is 163 Å². The van der Waals surface area contributed by atoms with Crippen molar-refractivity contribution < 1.29 is 166 Å². The highest BCUT2D eigenvalue weighted by atomic mass is 31.2. The van der Waals surface area contributed by atoms with Crippen molar-refractivity contribution >= 4 is 88.3 Å². The van der Waals surface area contributed by atoms with Crippen LogP contribution in [0.15, 0.2) is 43.1 Å². The molecule has 1 saturated carbocycles. The summed E-state index contributed by atoms with van der Waals surface area (Å²) in [7, 11) is -17.3. The average Bonchev–Trinajstić information content (AvgIpc) is 1.66. The van der Waals surface area contributed by atoms with Crippen LogP contribution < -0.4 is 37.2 Å². The Bertz CT molecular complexity index is 4900. The number of anilines is 3. The second kappa shape index (κ2) is 50.0. The summed E-state index contributed by atoms with van der Waals surface area (Å²) in [5.41, 5.74) is 29.0. The number of morpholine rings is 2. The summed E-state index contributed by atoms with van der Waals surface area (Å²) in [5, 5.41) is 71.6. The number of hydrogen-bond donors (Lipinski definition) is 10. The Balaban J connectivity index is 0.000000353. The van der Waals surface area contributed by atoms with Gasteiger partial charge in [-0.2, -0.15) is 0 Å². The molecule has 722 valence electrons. The van der Waals surface area contributed by atoms with Gasteiger partial charge in [0.25, 0.3) is 23.5 Å². The van der Waals surface area contributed by atoms with Gasteiger partial charge in [-0.3, -0.25) is 46.1 Å². The highest BCUT2D eigenvalue weighted by Gasteiger charge is 2.53. The summed E-state index contributed by atoms with van der Waals surface area (Å²) in [6, 6.07) is 0. The maximum Gasteiger partial charge on any atom is 0.472 e. The van der Waals surface area contributed by atoms with Crippen molar-refractivity contribution in [3.8, 4) is 0 Å². The predicted octanol–water partition coefficient (Wildman–Crippen LogP) is -2.86. The number of nitrogens with one attached hydrogen (secondary N) is 1. The van der Waals surface area contributed by atoms with Gasteiger partial charge in [-0.1, -0.05) is 17.8 Å². The third-order valence-corrected chi connectivity index (χ3v) is 23.7. The molecule has 3 saturated heterocycles. The number of azide groups is 1. The summed E-state index contributed by atoms with van der Waals surface area (Å²) in [4.78, 5) is 109. The van der Waals surface area contributed by atoms with Crippen LogP contribution in [0.2, 0.25) is 0 Å². The minimum absolute atomic E-state index is 0. The van der Waals surface area contributed by atoms with E-state index in [0.717, 1.165) is 67.7 Å². The van der Waals surface area contributed by atoms with E-state index < -0.39 is 138 Å². The fourth-order valence-corrected chi connectivity index (χ4v) is 16.2. The second-order valence-electron chi connectivity index (χ2n) is 27.9. The lowest BCUT2D eigenvalue weighted by atomic mass is 10.0. The number of ether oxygens (including phenoxy) is 11. The Labute approximate surface area is 734 Å². The quantitative estimate of drug-likeness (QED) is 0.00603. The molecule has 0 radical (unpaired) electrons. The molecule has 129 heavy (non-hydrogen) atoms. The number of phosphoric ester groups is 4. The number of amides is 1. The number of fused-ring (bicyclic) bond motifs is 5. The molecule has 4 fully saturated rings. The Kier molecular flexibility index (Phi) is 40.1. The number of aromatic nitrogens is 15. The van der Waals surface area contributed by atoms with Crippen LogP contribution in [0.4, 0.5) is 22.2 Å². The summed E-state index contributed by atoms with van der Waals surface area (Å²) < 4.78 is 154. The number of rotatable bonds is 53. The lowest BCUT2D eigenvalue weighted by molar-refractivity contribution is -0.392. The Morgan fingerprint density at radius 3 is 1.47 bits per heavy atom.